The molecule has 0 aliphatic heterocycles. The van der Waals surface area contributed by atoms with Gasteiger partial charge in [0.1, 0.15) is 0 Å². The molecule has 5 heteroatoms. The summed E-state index contributed by atoms with van der Waals surface area (Å²) in [6.45, 7) is 0. The second-order valence-corrected chi connectivity index (χ2v) is 0. The van der Waals surface area contributed by atoms with Crippen LogP contribution in [0.25, 0.3) is 0 Å². The minimum absolute atomic E-state index is 0. The van der Waals surface area contributed by atoms with Gasteiger partial charge in [-0.05, 0) is 0 Å². The first-order valence-corrected chi connectivity index (χ1v) is 0. The summed E-state index contributed by atoms with van der Waals surface area (Å²) in [5.74, 6) is 0. The van der Waals surface area contributed by atoms with E-state index >= 15 is 0 Å². The molecule has 0 saturated carbocycles. The Labute approximate surface area is 77.9 Å². The first kappa shape index (κ1) is 55.8. The second-order valence-electron chi connectivity index (χ2n) is 0. The predicted octanol–water partition coefficient (Wildman–Crippen LogP) is -0.0122. The molecule has 38 valence electrons. The Morgan fingerprint density at radius 2 is 0.600 bits per heavy atom. The molecule has 0 bridgehead atoms. The van der Waals surface area contributed by atoms with Gasteiger partial charge in [-0.1, -0.05) is 0 Å². The third kappa shape index (κ3) is 22.3. The Hall–Kier alpha value is 2.26. The summed E-state index contributed by atoms with van der Waals surface area (Å²) in [5, 5.41) is 0. The van der Waals surface area contributed by atoms with Gasteiger partial charge in [0, 0.05) is 38.1 Å². The van der Waals surface area contributed by atoms with Crippen molar-refractivity contribution in [3.05, 3.63) is 0 Å². The van der Waals surface area contributed by atoms with Crippen LogP contribution in [0.4, 0.5) is 0 Å². The van der Waals surface area contributed by atoms with Crippen molar-refractivity contribution >= 4 is 40.5 Å². The Morgan fingerprint density at radius 1 is 0.600 bits per heavy atom. The average Bonchev–Trinajstić information content (AvgIpc) is 0. The SMILES string of the molecule is [Fe].[Mo].[S-2].[S-2].[S-2]. The molecule has 0 rings (SSSR count). The molecule has 0 aliphatic rings. The van der Waals surface area contributed by atoms with Crippen LogP contribution < -0.4 is 0 Å². The van der Waals surface area contributed by atoms with Crippen LogP contribution >= 0.6 is 0 Å². The van der Waals surface area contributed by atoms with E-state index in [1.54, 1.807) is 0 Å². The molecule has 0 fully saturated rings. The molecule has 0 aromatic heterocycles. The van der Waals surface area contributed by atoms with Crippen molar-refractivity contribution < 1.29 is 38.1 Å². The molecule has 5 heavy (non-hydrogen) atoms. The van der Waals surface area contributed by atoms with Crippen LogP contribution in [0, 0.1) is 0 Å². The van der Waals surface area contributed by atoms with Crippen LogP contribution in [0.5, 0.6) is 0 Å². The minimum Gasteiger partial charge on any atom is -2.00 e. The summed E-state index contributed by atoms with van der Waals surface area (Å²) < 4.78 is 0. The topological polar surface area (TPSA) is 0 Å². The van der Waals surface area contributed by atoms with E-state index in [-0.39, 0.29) is 78.6 Å². The first-order valence-electron chi connectivity index (χ1n) is 0. The summed E-state index contributed by atoms with van der Waals surface area (Å²) in [6, 6.07) is 0. The maximum atomic E-state index is 0. The third-order valence-corrected chi connectivity index (χ3v) is 0. The standard InChI is InChI=1S/Fe.Mo.3S/q;;3*-2. The fraction of sp³-hybridized carbons (Fsp3) is 0. The molecule has 0 aromatic rings. The maximum Gasteiger partial charge on any atom is 0 e. The molecular weight excluding hydrogens is 248 g/mol. The van der Waals surface area contributed by atoms with Gasteiger partial charge in [-0.3, -0.25) is 0 Å². The van der Waals surface area contributed by atoms with E-state index in [0.29, 0.717) is 0 Å². The predicted molar refractivity (Wildman–Crippen MR) is 22.1 cm³/mol. The summed E-state index contributed by atoms with van der Waals surface area (Å²) in [5.41, 5.74) is 0. The van der Waals surface area contributed by atoms with Crippen LogP contribution in [-0.4, -0.2) is 0 Å². The van der Waals surface area contributed by atoms with Crippen molar-refractivity contribution in [2.75, 3.05) is 0 Å². The molecule has 0 aliphatic carbocycles. The normalized spacial score (nSPS) is 0. The maximum absolute atomic E-state index is 0. The van der Waals surface area contributed by atoms with Gasteiger partial charge in [-0.15, -0.1) is 0 Å². The van der Waals surface area contributed by atoms with E-state index in [9.17, 15) is 0 Å². The van der Waals surface area contributed by atoms with Crippen molar-refractivity contribution in [1.82, 2.24) is 0 Å². The number of hydrogen-bond acceptors (Lipinski definition) is 0. The van der Waals surface area contributed by atoms with Gasteiger partial charge in [0.25, 0.3) is 0 Å². The summed E-state index contributed by atoms with van der Waals surface area (Å²) in [4.78, 5) is 0. The quantitative estimate of drug-likeness (QED) is 0.529. The number of rotatable bonds is 0. The third-order valence-electron chi connectivity index (χ3n) is 0. The number of hydrogen-bond donors (Lipinski definition) is 0. The zero-order valence-electron chi connectivity index (χ0n) is 1.99. The van der Waals surface area contributed by atoms with E-state index in [2.05, 4.69) is 0 Å². The van der Waals surface area contributed by atoms with E-state index in [0.717, 1.165) is 0 Å². The van der Waals surface area contributed by atoms with Crippen molar-refractivity contribution in [1.29, 1.82) is 0 Å². The van der Waals surface area contributed by atoms with Gasteiger partial charge < -0.3 is 40.5 Å². The van der Waals surface area contributed by atoms with Crippen LogP contribution in [-0.2, 0) is 78.6 Å². The molecule has 0 unspecified atom stereocenters. The molecule has 0 radical (unpaired) electrons. The van der Waals surface area contributed by atoms with E-state index in [4.69, 9.17) is 0 Å². The zero-order chi connectivity index (χ0) is 0. The molecule has 0 heterocycles. The summed E-state index contributed by atoms with van der Waals surface area (Å²) in [7, 11) is 0. The van der Waals surface area contributed by atoms with E-state index in [1.807, 2.05) is 0 Å². The fourth-order valence-electron chi connectivity index (χ4n) is 0. The van der Waals surface area contributed by atoms with Gasteiger partial charge in [-0.25, -0.2) is 0 Å². The fourth-order valence-corrected chi connectivity index (χ4v) is 0. The van der Waals surface area contributed by atoms with Gasteiger partial charge in [-0.2, -0.15) is 0 Å². The Kier molecular flexibility index (Phi) is 378. The average molecular weight is 248 g/mol. The van der Waals surface area contributed by atoms with E-state index < -0.39 is 0 Å². The van der Waals surface area contributed by atoms with Gasteiger partial charge in [0.05, 0.1) is 0 Å². The van der Waals surface area contributed by atoms with Crippen LogP contribution in [0.3, 0.4) is 0 Å². The molecular formula is FeMoS3-6. The van der Waals surface area contributed by atoms with Crippen molar-refractivity contribution in [3.63, 3.8) is 0 Å². The van der Waals surface area contributed by atoms with Crippen molar-refractivity contribution in [2.24, 2.45) is 0 Å². The first-order chi connectivity index (χ1) is 0. The molecule has 0 spiro atoms. The Morgan fingerprint density at radius 3 is 0.600 bits per heavy atom. The molecule has 0 N–H and O–H groups in total. The van der Waals surface area contributed by atoms with Crippen molar-refractivity contribution in [2.45, 2.75) is 0 Å². The van der Waals surface area contributed by atoms with Crippen molar-refractivity contribution in [3.8, 4) is 0 Å². The molecule has 0 saturated heterocycles. The van der Waals surface area contributed by atoms with Crippen LogP contribution in [0.1, 0.15) is 0 Å². The van der Waals surface area contributed by atoms with Gasteiger partial charge in [0.15, 0.2) is 0 Å². The van der Waals surface area contributed by atoms with Crippen LogP contribution in [0.15, 0.2) is 0 Å². The van der Waals surface area contributed by atoms with Gasteiger partial charge >= 0.3 is 0 Å². The Bertz CT molecular complexity index is 6.85. The monoisotopic (exact) mass is 250 g/mol. The summed E-state index contributed by atoms with van der Waals surface area (Å²) >= 11 is 0. The second kappa shape index (κ2) is 33.9. The molecule has 0 aromatic carbocycles. The molecule has 0 nitrogen and oxygen atoms in total. The van der Waals surface area contributed by atoms with Crippen LogP contribution in [0.2, 0.25) is 0 Å². The minimum atomic E-state index is 0. The Balaban J connectivity index is 0. The molecule has 0 amide bonds. The summed E-state index contributed by atoms with van der Waals surface area (Å²) in [6.07, 6.45) is 0. The largest absolute Gasteiger partial charge is 2.00 e. The smallest absolute Gasteiger partial charge is 0 e. The molecule has 0 atom stereocenters. The zero-order valence-corrected chi connectivity index (χ0v) is 7.55. The van der Waals surface area contributed by atoms with Gasteiger partial charge in [0.2, 0.25) is 0 Å². The van der Waals surface area contributed by atoms with E-state index in [1.165, 1.54) is 0 Å².